The molecule has 1 aliphatic carbocycles. The van der Waals surface area contributed by atoms with Crippen molar-refractivity contribution < 1.29 is 0 Å². The van der Waals surface area contributed by atoms with Crippen molar-refractivity contribution in [2.45, 2.75) is 45.1 Å². The van der Waals surface area contributed by atoms with Crippen LogP contribution in [0.25, 0.3) is 0 Å². The van der Waals surface area contributed by atoms with E-state index in [-0.39, 0.29) is 0 Å². The van der Waals surface area contributed by atoms with Crippen molar-refractivity contribution >= 4 is 0 Å². The first-order valence-electron chi connectivity index (χ1n) is 5.47. The Labute approximate surface area is 76.1 Å². The van der Waals surface area contributed by atoms with Crippen LogP contribution in [0, 0.1) is 11.8 Å². The molecular weight excluding hydrogens is 146 g/mol. The van der Waals surface area contributed by atoms with Crippen molar-refractivity contribution in [3.63, 3.8) is 0 Å². The molecule has 12 heavy (non-hydrogen) atoms. The fraction of sp³-hybridized carbons (Fsp3) is 1.00. The zero-order valence-corrected chi connectivity index (χ0v) is 8.42. The van der Waals surface area contributed by atoms with Gasteiger partial charge in [-0.2, -0.15) is 0 Å². The second-order valence-electron chi connectivity index (χ2n) is 4.87. The van der Waals surface area contributed by atoms with Crippen molar-refractivity contribution in [2.75, 3.05) is 13.6 Å². The molecule has 1 saturated carbocycles. The van der Waals surface area contributed by atoms with E-state index >= 15 is 0 Å². The van der Waals surface area contributed by atoms with Gasteiger partial charge in [-0.05, 0) is 57.5 Å². The third-order valence-electron chi connectivity index (χ3n) is 3.86. The third kappa shape index (κ3) is 1.52. The average Bonchev–Trinajstić information content (AvgIpc) is 2.04. The topological polar surface area (TPSA) is 3.24 Å². The fourth-order valence-corrected chi connectivity index (χ4v) is 3.14. The Morgan fingerprint density at radius 1 is 1.17 bits per heavy atom. The minimum absolute atomic E-state index is 0.940. The monoisotopic (exact) mass is 167 g/mol. The third-order valence-corrected chi connectivity index (χ3v) is 3.86. The summed E-state index contributed by atoms with van der Waals surface area (Å²) in [5.41, 5.74) is 0. The van der Waals surface area contributed by atoms with Crippen LogP contribution < -0.4 is 0 Å². The predicted molar refractivity (Wildman–Crippen MR) is 52.2 cm³/mol. The van der Waals surface area contributed by atoms with Gasteiger partial charge >= 0.3 is 0 Å². The lowest BCUT2D eigenvalue weighted by atomic mass is 9.74. The van der Waals surface area contributed by atoms with Crippen LogP contribution in [0.3, 0.4) is 0 Å². The number of nitrogens with zero attached hydrogens (tertiary/aromatic N) is 1. The van der Waals surface area contributed by atoms with Gasteiger partial charge in [0.15, 0.2) is 0 Å². The van der Waals surface area contributed by atoms with Gasteiger partial charge in [0.25, 0.3) is 0 Å². The van der Waals surface area contributed by atoms with Crippen LogP contribution >= 0.6 is 0 Å². The summed E-state index contributed by atoms with van der Waals surface area (Å²) >= 11 is 0. The molecule has 70 valence electrons. The second-order valence-corrected chi connectivity index (χ2v) is 4.87. The van der Waals surface area contributed by atoms with E-state index in [0.29, 0.717) is 0 Å². The lowest BCUT2D eigenvalue weighted by molar-refractivity contribution is 0.0654. The van der Waals surface area contributed by atoms with Crippen LogP contribution in [0.4, 0.5) is 0 Å². The van der Waals surface area contributed by atoms with Crippen LogP contribution in [0.2, 0.25) is 0 Å². The van der Waals surface area contributed by atoms with Crippen LogP contribution in [-0.4, -0.2) is 24.5 Å². The van der Waals surface area contributed by atoms with Gasteiger partial charge in [0, 0.05) is 6.04 Å². The molecule has 1 nitrogen and oxygen atoms in total. The van der Waals surface area contributed by atoms with Crippen molar-refractivity contribution in [3.05, 3.63) is 0 Å². The minimum atomic E-state index is 0.940. The molecule has 2 fully saturated rings. The van der Waals surface area contributed by atoms with Crippen molar-refractivity contribution in [2.24, 2.45) is 11.8 Å². The number of likely N-dealkylation sites (tertiary alicyclic amines) is 1. The molecule has 1 heterocycles. The Morgan fingerprint density at radius 3 is 2.83 bits per heavy atom. The van der Waals surface area contributed by atoms with Gasteiger partial charge in [0.05, 0.1) is 0 Å². The zero-order valence-electron chi connectivity index (χ0n) is 8.42. The molecular formula is C11H21N. The molecule has 0 aromatic carbocycles. The summed E-state index contributed by atoms with van der Waals surface area (Å²) in [5, 5.41) is 0. The van der Waals surface area contributed by atoms with Crippen LogP contribution in [-0.2, 0) is 0 Å². The lowest BCUT2D eigenvalue weighted by Gasteiger charge is -2.44. The standard InChI is InChI=1S/C11H21N/c1-9-5-6-11-10(8-9)4-3-7-12(11)2/h9-11H,3-8H2,1-2H3/t9?,10?,11-/m1/s1. The zero-order chi connectivity index (χ0) is 8.55. The number of hydrogen-bond donors (Lipinski definition) is 0. The molecule has 0 radical (unpaired) electrons. The average molecular weight is 167 g/mol. The normalized spacial score (nSPS) is 44.0. The first kappa shape index (κ1) is 8.55. The minimum Gasteiger partial charge on any atom is -0.303 e. The Morgan fingerprint density at radius 2 is 2.00 bits per heavy atom. The number of piperidine rings is 1. The molecule has 0 aromatic heterocycles. The molecule has 3 atom stereocenters. The van der Waals surface area contributed by atoms with Gasteiger partial charge in [-0.3, -0.25) is 0 Å². The smallest absolute Gasteiger partial charge is 0.0121 e. The predicted octanol–water partition coefficient (Wildman–Crippen LogP) is 2.52. The molecule has 0 N–H and O–H groups in total. The van der Waals surface area contributed by atoms with E-state index in [9.17, 15) is 0 Å². The fourth-order valence-electron chi connectivity index (χ4n) is 3.14. The Balaban J connectivity index is 1.99. The summed E-state index contributed by atoms with van der Waals surface area (Å²) in [6.45, 7) is 3.76. The summed E-state index contributed by atoms with van der Waals surface area (Å²) in [5.74, 6) is 2.03. The molecule has 0 spiro atoms. The molecule has 2 rings (SSSR count). The molecule has 1 saturated heterocycles. The highest BCUT2D eigenvalue weighted by Gasteiger charge is 2.33. The highest BCUT2D eigenvalue weighted by molar-refractivity contribution is 4.87. The number of rotatable bonds is 0. The molecule has 2 unspecified atom stereocenters. The first-order chi connectivity index (χ1) is 5.77. The van der Waals surface area contributed by atoms with Crippen molar-refractivity contribution in [1.29, 1.82) is 0 Å². The van der Waals surface area contributed by atoms with Gasteiger partial charge < -0.3 is 4.90 Å². The van der Waals surface area contributed by atoms with Crippen LogP contribution in [0.1, 0.15) is 39.0 Å². The van der Waals surface area contributed by atoms with E-state index in [2.05, 4.69) is 18.9 Å². The van der Waals surface area contributed by atoms with Gasteiger partial charge in [-0.1, -0.05) is 6.92 Å². The maximum atomic E-state index is 2.60. The summed E-state index contributed by atoms with van der Waals surface area (Å²) in [4.78, 5) is 2.60. The largest absolute Gasteiger partial charge is 0.303 e. The van der Waals surface area contributed by atoms with Gasteiger partial charge in [-0.25, -0.2) is 0 Å². The molecule has 1 heteroatoms. The molecule has 2 aliphatic rings. The van der Waals surface area contributed by atoms with Gasteiger partial charge in [0.1, 0.15) is 0 Å². The van der Waals surface area contributed by atoms with Gasteiger partial charge in [-0.15, -0.1) is 0 Å². The lowest BCUT2D eigenvalue weighted by Crippen LogP contribution is -2.45. The van der Waals surface area contributed by atoms with Gasteiger partial charge in [0.2, 0.25) is 0 Å². The summed E-state index contributed by atoms with van der Waals surface area (Å²) in [6, 6.07) is 0.940. The summed E-state index contributed by atoms with van der Waals surface area (Å²) < 4.78 is 0. The highest BCUT2D eigenvalue weighted by atomic mass is 15.1. The number of hydrogen-bond acceptors (Lipinski definition) is 1. The highest BCUT2D eigenvalue weighted by Crippen LogP contribution is 2.36. The Kier molecular flexibility index (Phi) is 2.40. The van der Waals surface area contributed by atoms with E-state index in [1.165, 1.54) is 38.6 Å². The maximum Gasteiger partial charge on any atom is 0.0121 e. The van der Waals surface area contributed by atoms with Crippen LogP contribution in [0.15, 0.2) is 0 Å². The van der Waals surface area contributed by atoms with E-state index in [4.69, 9.17) is 0 Å². The molecule has 1 aliphatic heterocycles. The van der Waals surface area contributed by atoms with Crippen LogP contribution in [0.5, 0.6) is 0 Å². The number of fused-ring (bicyclic) bond motifs is 1. The Hall–Kier alpha value is -0.0400. The van der Waals surface area contributed by atoms with E-state index < -0.39 is 0 Å². The quantitative estimate of drug-likeness (QED) is 0.536. The van der Waals surface area contributed by atoms with E-state index in [1.807, 2.05) is 0 Å². The SMILES string of the molecule is CC1CC[C@@H]2C(CCCN2C)C1. The van der Waals surface area contributed by atoms with E-state index in [0.717, 1.165) is 17.9 Å². The Bertz CT molecular complexity index is 155. The molecule has 0 amide bonds. The summed E-state index contributed by atoms with van der Waals surface area (Å²) in [6.07, 6.45) is 7.35. The maximum absolute atomic E-state index is 2.60. The second kappa shape index (κ2) is 3.37. The van der Waals surface area contributed by atoms with Crippen molar-refractivity contribution in [3.8, 4) is 0 Å². The molecule has 0 aromatic rings. The summed E-state index contributed by atoms with van der Waals surface area (Å²) in [7, 11) is 2.31. The van der Waals surface area contributed by atoms with E-state index in [1.54, 1.807) is 0 Å². The molecule has 0 bridgehead atoms. The first-order valence-corrected chi connectivity index (χ1v) is 5.47. The van der Waals surface area contributed by atoms with Crippen molar-refractivity contribution in [1.82, 2.24) is 4.90 Å².